The Kier molecular flexibility index (Phi) is 6.38. The summed E-state index contributed by atoms with van der Waals surface area (Å²) in [4.78, 5) is 0. The fourth-order valence-electron chi connectivity index (χ4n) is 2.63. The highest BCUT2D eigenvalue weighted by atomic mass is 35.5. The lowest BCUT2D eigenvalue weighted by atomic mass is 10.1. The minimum absolute atomic E-state index is 0. The molecule has 0 saturated heterocycles. The Balaban J connectivity index is 0.00000261. The monoisotopic (exact) mass is 417 g/mol. The van der Waals surface area contributed by atoms with Crippen LogP contribution in [0.5, 0.6) is 5.75 Å². The van der Waals surface area contributed by atoms with Crippen LogP contribution in [0.25, 0.3) is 11.4 Å². The van der Waals surface area contributed by atoms with Gasteiger partial charge >= 0.3 is 6.18 Å². The summed E-state index contributed by atoms with van der Waals surface area (Å²) in [5.41, 5.74) is -0.784. The van der Waals surface area contributed by atoms with Gasteiger partial charge in [0.2, 0.25) is 0 Å². The molecule has 0 aliphatic carbocycles. The Hall–Kier alpha value is -2.25. The van der Waals surface area contributed by atoms with Crippen LogP contribution < -0.4 is 4.74 Å². The summed E-state index contributed by atoms with van der Waals surface area (Å²) in [5.74, 6) is 1.11. The second kappa shape index (κ2) is 8.19. The van der Waals surface area contributed by atoms with Crippen LogP contribution in [0.2, 0.25) is 5.02 Å². The molecule has 0 amide bonds. The molecule has 4 nitrogen and oxygen atoms in total. The van der Waals surface area contributed by atoms with Gasteiger partial charge in [-0.3, -0.25) is 0 Å². The van der Waals surface area contributed by atoms with Crippen molar-refractivity contribution >= 4 is 24.0 Å². The van der Waals surface area contributed by atoms with Crippen molar-refractivity contribution < 1.29 is 17.9 Å². The lowest BCUT2D eigenvalue weighted by Gasteiger charge is -2.15. The SMILES string of the molecule is C[C@H](Oc1ccc(Cl)cc1)c1nnc(-c2ccccc2C(F)(F)F)n1C.Cl. The highest BCUT2D eigenvalue weighted by Crippen LogP contribution is 2.36. The van der Waals surface area contributed by atoms with E-state index in [-0.39, 0.29) is 23.8 Å². The third-order valence-corrected chi connectivity index (χ3v) is 4.12. The molecule has 0 aliphatic heterocycles. The first-order valence-corrected chi connectivity index (χ1v) is 8.13. The first-order valence-electron chi connectivity index (χ1n) is 7.75. The lowest BCUT2D eigenvalue weighted by Crippen LogP contribution is -2.11. The van der Waals surface area contributed by atoms with Gasteiger partial charge in [-0.25, -0.2) is 0 Å². The molecule has 9 heteroatoms. The summed E-state index contributed by atoms with van der Waals surface area (Å²) < 4.78 is 47.1. The van der Waals surface area contributed by atoms with Gasteiger partial charge in [-0.05, 0) is 37.3 Å². The van der Waals surface area contributed by atoms with E-state index in [1.54, 1.807) is 38.2 Å². The van der Waals surface area contributed by atoms with Crippen LogP contribution in [-0.4, -0.2) is 14.8 Å². The standard InChI is InChI=1S/C18H15ClF3N3O.ClH/c1-11(26-13-9-7-12(19)8-10-13)16-23-24-17(25(16)2)14-5-3-4-6-15(14)18(20,21)22;/h3-11H,1-2H3;1H/t11-;/m0./s1. The Labute approximate surface area is 165 Å². The number of alkyl halides is 3. The van der Waals surface area contributed by atoms with Crippen LogP contribution in [0.15, 0.2) is 48.5 Å². The fourth-order valence-corrected chi connectivity index (χ4v) is 2.75. The van der Waals surface area contributed by atoms with Gasteiger partial charge in [0.25, 0.3) is 0 Å². The molecule has 144 valence electrons. The van der Waals surface area contributed by atoms with Crippen LogP contribution in [0.4, 0.5) is 13.2 Å². The summed E-state index contributed by atoms with van der Waals surface area (Å²) in [7, 11) is 1.61. The predicted octanol–water partition coefficient (Wildman–Crippen LogP) is 5.72. The van der Waals surface area contributed by atoms with Crippen molar-refractivity contribution in [3.63, 3.8) is 0 Å². The van der Waals surface area contributed by atoms with Gasteiger partial charge in [0.05, 0.1) is 5.56 Å². The van der Waals surface area contributed by atoms with Gasteiger partial charge in [0.15, 0.2) is 17.8 Å². The third kappa shape index (κ3) is 4.54. The molecule has 1 atom stereocenters. The summed E-state index contributed by atoms with van der Waals surface area (Å²) >= 11 is 5.84. The normalized spacial score (nSPS) is 12.4. The molecule has 27 heavy (non-hydrogen) atoms. The predicted molar refractivity (Wildman–Crippen MR) is 99.2 cm³/mol. The summed E-state index contributed by atoms with van der Waals surface area (Å²) in [6.45, 7) is 1.75. The second-order valence-electron chi connectivity index (χ2n) is 5.70. The van der Waals surface area contributed by atoms with E-state index in [9.17, 15) is 13.2 Å². The maximum atomic E-state index is 13.3. The topological polar surface area (TPSA) is 39.9 Å². The number of aromatic nitrogens is 3. The molecule has 1 heterocycles. The van der Waals surface area contributed by atoms with E-state index in [2.05, 4.69) is 10.2 Å². The van der Waals surface area contributed by atoms with Gasteiger partial charge in [0, 0.05) is 17.6 Å². The van der Waals surface area contributed by atoms with E-state index in [0.29, 0.717) is 16.6 Å². The van der Waals surface area contributed by atoms with Crippen molar-refractivity contribution in [1.29, 1.82) is 0 Å². The first kappa shape index (κ1) is 21.1. The second-order valence-corrected chi connectivity index (χ2v) is 6.13. The highest BCUT2D eigenvalue weighted by Gasteiger charge is 2.34. The van der Waals surface area contributed by atoms with Crippen LogP contribution in [0.1, 0.15) is 24.4 Å². The van der Waals surface area contributed by atoms with Gasteiger partial charge < -0.3 is 9.30 Å². The Morgan fingerprint density at radius 2 is 1.67 bits per heavy atom. The Morgan fingerprint density at radius 1 is 1.04 bits per heavy atom. The Bertz CT molecular complexity index is 911. The highest BCUT2D eigenvalue weighted by molar-refractivity contribution is 6.30. The number of hydrogen-bond donors (Lipinski definition) is 0. The molecule has 0 unspecified atom stereocenters. The zero-order valence-corrected chi connectivity index (χ0v) is 15.9. The molecule has 2 aromatic carbocycles. The number of nitrogens with zero attached hydrogens (tertiary/aromatic N) is 3. The quantitative estimate of drug-likeness (QED) is 0.545. The van der Waals surface area contributed by atoms with Crippen LogP contribution >= 0.6 is 24.0 Å². The van der Waals surface area contributed by atoms with Crippen molar-refractivity contribution in [2.24, 2.45) is 7.05 Å². The zero-order valence-electron chi connectivity index (χ0n) is 14.4. The zero-order chi connectivity index (χ0) is 18.9. The molecule has 0 saturated carbocycles. The number of benzene rings is 2. The van der Waals surface area contributed by atoms with Crippen LogP contribution in [-0.2, 0) is 13.2 Å². The minimum Gasteiger partial charge on any atom is -0.483 e. The van der Waals surface area contributed by atoms with Crippen molar-refractivity contribution in [3.8, 4) is 17.1 Å². The molecule has 0 fully saturated rings. The van der Waals surface area contributed by atoms with Gasteiger partial charge in [-0.1, -0.05) is 29.8 Å². The average molecular weight is 418 g/mol. The maximum absolute atomic E-state index is 13.3. The van der Waals surface area contributed by atoms with Crippen molar-refractivity contribution in [2.45, 2.75) is 19.2 Å². The van der Waals surface area contributed by atoms with Gasteiger partial charge in [0.1, 0.15) is 5.75 Å². The lowest BCUT2D eigenvalue weighted by molar-refractivity contribution is -0.137. The van der Waals surface area contributed by atoms with Crippen molar-refractivity contribution in [1.82, 2.24) is 14.8 Å². The molecule has 0 spiro atoms. The van der Waals surface area contributed by atoms with E-state index in [1.807, 2.05) is 0 Å². The number of rotatable bonds is 4. The van der Waals surface area contributed by atoms with E-state index in [4.69, 9.17) is 16.3 Å². The summed E-state index contributed by atoms with van der Waals surface area (Å²) in [6, 6.07) is 12.1. The number of hydrogen-bond acceptors (Lipinski definition) is 3. The molecule has 3 rings (SSSR count). The van der Waals surface area contributed by atoms with Crippen molar-refractivity contribution in [3.05, 3.63) is 64.9 Å². The largest absolute Gasteiger partial charge is 0.483 e. The molecule has 0 N–H and O–H groups in total. The van der Waals surface area contributed by atoms with E-state index in [1.165, 1.54) is 22.8 Å². The van der Waals surface area contributed by atoms with Crippen LogP contribution in [0.3, 0.4) is 0 Å². The van der Waals surface area contributed by atoms with E-state index in [0.717, 1.165) is 6.07 Å². The van der Waals surface area contributed by atoms with Crippen LogP contribution in [0, 0.1) is 0 Å². The Morgan fingerprint density at radius 3 is 2.30 bits per heavy atom. The van der Waals surface area contributed by atoms with E-state index >= 15 is 0 Å². The molecule has 1 aromatic heterocycles. The molecule has 0 bridgehead atoms. The minimum atomic E-state index is -4.48. The van der Waals surface area contributed by atoms with Crippen molar-refractivity contribution in [2.75, 3.05) is 0 Å². The van der Waals surface area contributed by atoms with E-state index < -0.39 is 17.8 Å². The first-order chi connectivity index (χ1) is 12.3. The fraction of sp³-hybridized carbons (Fsp3) is 0.222. The molecule has 3 aromatic rings. The van der Waals surface area contributed by atoms with Gasteiger partial charge in [-0.15, -0.1) is 22.6 Å². The number of ether oxygens (including phenoxy) is 1. The number of halogens is 5. The summed E-state index contributed by atoms with van der Waals surface area (Å²) in [5, 5.41) is 8.55. The molecule has 0 radical (unpaired) electrons. The molecular weight excluding hydrogens is 402 g/mol. The molecule has 0 aliphatic rings. The maximum Gasteiger partial charge on any atom is 0.417 e. The van der Waals surface area contributed by atoms with Gasteiger partial charge in [-0.2, -0.15) is 13.2 Å². The average Bonchev–Trinajstić information content (AvgIpc) is 2.98. The third-order valence-electron chi connectivity index (χ3n) is 3.87. The molecular formula is C18H16Cl2F3N3O. The smallest absolute Gasteiger partial charge is 0.417 e. The summed E-state index contributed by atoms with van der Waals surface area (Å²) in [6.07, 6.45) is -4.99.